The van der Waals surface area contributed by atoms with E-state index in [0.717, 1.165) is 14.9 Å². The predicted molar refractivity (Wildman–Crippen MR) is 48.5 cm³/mol. The van der Waals surface area contributed by atoms with Gasteiger partial charge >= 0.3 is 5.97 Å². The highest BCUT2D eigenvalue weighted by Gasteiger charge is 2.21. The number of benzene rings is 1. The van der Waals surface area contributed by atoms with Crippen molar-refractivity contribution in [3.05, 3.63) is 27.3 Å². The van der Waals surface area contributed by atoms with Crippen molar-refractivity contribution in [2.75, 3.05) is 0 Å². The fraction of sp³-hybridized carbons (Fsp3) is 0.125. The Labute approximate surface area is 77.7 Å². The molecule has 2 nitrogen and oxygen atoms in total. The first-order chi connectivity index (χ1) is 5.27. The number of hydrogen-bond acceptors (Lipinski definition) is 2. The number of fused-ring (bicyclic) bond motifs is 1. The molecule has 1 aliphatic heterocycles. The molecule has 1 aromatic rings. The fourth-order valence-electron chi connectivity index (χ4n) is 1.11. The lowest BCUT2D eigenvalue weighted by Crippen LogP contribution is -2.00. The molecule has 0 spiro atoms. The molecule has 0 N–H and O–H groups in total. The quantitative estimate of drug-likeness (QED) is 0.403. The second-order valence-corrected chi connectivity index (χ2v) is 3.53. The van der Waals surface area contributed by atoms with Gasteiger partial charge in [-0.1, -0.05) is 6.07 Å². The van der Waals surface area contributed by atoms with E-state index in [4.69, 9.17) is 4.74 Å². The van der Waals surface area contributed by atoms with Crippen LogP contribution >= 0.6 is 22.6 Å². The second-order valence-electron chi connectivity index (χ2n) is 2.37. The fourth-order valence-corrected chi connectivity index (χ4v) is 1.77. The molecule has 3 heteroatoms. The molecular formula is C8H5IO2. The van der Waals surface area contributed by atoms with Crippen LogP contribution in [0.3, 0.4) is 0 Å². The van der Waals surface area contributed by atoms with E-state index in [0.29, 0.717) is 6.42 Å². The van der Waals surface area contributed by atoms with E-state index in [1.807, 2.05) is 18.2 Å². The first-order valence-electron chi connectivity index (χ1n) is 3.25. The molecule has 56 valence electrons. The lowest BCUT2D eigenvalue weighted by Gasteiger charge is -1.96. The first-order valence-corrected chi connectivity index (χ1v) is 4.33. The molecule has 1 aromatic carbocycles. The van der Waals surface area contributed by atoms with Crippen LogP contribution in [-0.2, 0) is 11.2 Å². The van der Waals surface area contributed by atoms with E-state index in [2.05, 4.69) is 22.6 Å². The molecule has 0 amide bonds. The third-order valence-corrected chi connectivity index (χ3v) is 2.63. The Hall–Kier alpha value is -0.580. The van der Waals surface area contributed by atoms with Crippen LogP contribution in [0.5, 0.6) is 5.75 Å². The topological polar surface area (TPSA) is 26.3 Å². The van der Waals surface area contributed by atoms with E-state index in [-0.39, 0.29) is 5.97 Å². The molecule has 1 aliphatic rings. The van der Waals surface area contributed by atoms with Crippen molar-refractivity contribution in [3.63, 3.8) is 0 Å². The highest BCUT2D eigenvalue weighted by Crippen LogP contribution is 2.29. The van der Waals surface area contributed by atoms with Crippen molar-refractivity contribution in [1.82, 2.24) is 0 Å². The van der Waals surface area contributed by atoms with Gasteiger partial charge in [-0.05, 0) is 34.7 Å². The number of ether oxygens (including phenoxy) is 1. The molecule has 0 radical (unpaired) electrons. The maximum absolute atomic E-state index is 10.8. The highest BCUT2D eigenvalue weighted by molar-refractivity contribution is 14.1. The van der Waals surface area contributed by atoms with E-state index >= 15 is 0 Å². The summed E-state index contributed by atoms with van der Waals surface area (Å²) in [6, 6.07) is 5.68. The van der Waals surface area contributed by atoms with Crippen LogP contribution < -0.4 is 4.74 Å². The monoisotopic (exact) mass is 260 g/mol. The molecule has 0 aromatic heterocycles. The van der Waals surface area contributed by atoms with Gasteiger partial charge in [-0.3, -0.25) is 4.79 Å². The minimum absolute atomic E-state index is 0.149. The summed E-state index contributed by atoms with van der Waals surface area (Å²) in [7, 11) is 0. The summed E-state index contributed by atoms with van der Waals surface area (Å²) in [5.74, 6) is 0.575. The van der Waals surface area contributed by atoms with Crippen LogP contribution in [0.2, 0.25) is 0 Å². The van der Waals surface area contributed by atoms with Crippen LogP contribution in [-0.4, -0.2) is 5.97 Å². The van der Waals surface area contributed by atoms with Crippen molar-refractivity contribution in [2.45, 2.75) is 6.42 Å². The lowest BCUT2D eigenvalue weighted by molar-refractivity contribution is -0.131. The maximum atomic E-state index is 10.8. The third-order valence-electron chi connectivity index (χ3n) is 1.62. The Morgan fingerprint density at radius 2 is 2.27 bits per heavy atom. The summed E-state index contributed by atoms with van der Waals surface area (Å²) in [5, 5.41) is 0. The van der Waals surface area contributed by atoms with Crippen molar-refractivity contribution in [1.29, 1.82) is 0 Å². The van der Waals surface area contributed by atoms with E-state index in [9.17, 15) is 4.79 Å². The summed E-state index contributed by atoms with van der Waals surface area (Å²) in [6.07, 6.45) is 0.425. The average molecular weight is 260 g/mol. The standard InChI is InChI=1S/C8H5IO2/c9-6-2-1-3-7-5(6)4-8(10)11-7/h1-3H,4H2. The summed E-state index contributed by atoms with van der Waals surface area (Å²) in [6.45, 7) is 0. The van der Waals surface area contributed by atoms with Gasteiger partial charge in [-0.25, -0.2) is 0 Å². The molecular weight excluding hydrogens is 255 g/mol. The minimum atomic E-state index is -0.149. The van der Waals surface area contributed by atoms with Gasteiger partial charge in [0, 0.05) is 9.13 Å². The van der Waals surface area contributed by atoms with Gasteiger partial charge in [-0.2, -0.15) is 0 Å². The average Bonchev–Trinajstić information content (AvgIpc) is 2.31. The largest absolute Gasteiger partial charge is 0.426 e. The van der Waals surface area contributed by atoms with Crippen LogP contribution in [0.15, 0.2) is 18.2 Å². The Morgan fingerprint density at radius 3 is 3.00 bits per heavy atom. The smallest absolute Gasteiger partial charge is 0.315 e. The lowest BCUT2D eigenvalue weighted by atomic mass is 10.2. The van der Waals surface area contributed by atoms with Crippen molar-refractivity contribution in [2.24, 2.45) is 0 Å². The summed E-state index contributed by atoms with van der Waals surface area (Å²) >= 11 is 2.20. The molecule has 0 saturated carbocycles. The van der Waals surface area contributed by atoms with Gasteiger partial charge in [0.15, 0.2) is 0 Å². The van der Waals surface area contributed by atoms with Crippen molar-refractivity contribution < 1.29 is 9.53 Å². The van der Waals surface area contributed by atoms with E-state index in [1.165, 1.54) is 0 Å². The molecule has 11 heavy (non-hydrogen) atoms. The normalized spacial score (nSPS) is 14.5. The Kier molecular flexibility index (Phi) is 1.60. The van der Waals surface area contributed by atoms with Crippen LogP contribution in [0.25, 0.3) is 0 Å². The molecule has 1 heterocycles. The zero-order valence-corrected chi connectivity index (χ0v) is 7.79. The van der Waals surface area contributed by atoms with E-state index in [1.54, 1.807) is 0 Å². The van der Waals surface area contributed by atoms with Gasteiger partial charge in [0.2, 0.25) is 0 Å². The van der Waals surface area contributed by atoms with Crippen molar-refractivity contribution in [3.8, 4) is 5.75 Å². The Bertz CT molecular complexity index is 320. The highest BCUT2D eigenvalue weighted by atomic mass is 127. The number of halogens is 1. The van der Waals surface area contributed by atoms with Crippen LogP contribution in [0, 0.1) is 3.57 Å². The number of carbonyl (C=O) groups excluding carboxylic acids is 1. The Morgan fingerprint density at radius 1 is 1.45 bits per heavy atom. The molecule has 0 atom stereocenters. The second kappa shape index (κ2) is 2.48. The number of esters is 1. The third kappa shape index (κ3) is 1.13. The Balaban J connectivity index is 2.57. The summed E-state index contributed by atoms with van der Waals surface area (Å²) < 4.78 is 6.05. The number of hydrogen-bond donors (Lipinski definition) is 0. The van der Waals surface area contributed by atoms with Gasteiger partial charge in [0.05, 0.1) is 6.42 Å². The summed E-state index contributed by atoms with van der Waals surface area (Å²) in [4.78, 5) is 10.8. The maximum Gasteiger partial charge on any atom is 0.315 e. The molecule has 0 saturated heterocycles. The zero-order valence-electron chi connectivity index (χ0n) is 5.63. The molecule has 0 unspecified atom stereocenters. The van der Waals surface area contributed by atoms with Gasteiger partial charge < -0.3 is 4.74 Å². The number of carbonyl (C=O) groups is 1. The number of rotatable bonds is 0. The van der Waals surface area contributed by atoms with Crippen LogP contribution in [0.4, 0.5) is 0 Å². The molecule has 2 rings (SSSR count). The van der Waals surface area contributed by atoms with E-state index < -0.39 is 0 Å². The molecule has 0 aliphatic carbocycles. The zero-order chi connectivity index (χ0) is 7.84. The molecule has 0 fully saturated rings. The minimum Gasteiger partial charge on any atom is -0.426 e. The predicted octanol–water partition coefficient (Wildman–Crippen LogP) is 1.75. The van der Waals surface area contributed by atoms with Gasteiger partial charge in [-0.15, -0.1) is 0 Å². The summed E-state index contributed by atoms with van der Waals surface area (Å²) in [5.41, 5.74) is 1.03. The van der Waals surface area contributed by atoms with Crippen LogP contribution in [0.1, 0.15) is 5.56 Å². The molecule has 0 bridgehead atoms. The van der Waals surface area contributed by atoms with Gasteiger partial charge in [0.1, 0.15) is 5.75 Å². The van der Waals surface area contributed by atoms with Crippen molar-refractivity contribution >= 4 is 28.6 Å². The SMILES string of the molecule is O=C1Cc2c(I)cccc2O1. The van der Waals surface area contributed by atoms with Gasteiger partial charge in [0.25, 0.3) is 0 Å². The first kappa shape index (κ1) is 7.09.